The van der Waals surface area contributed by atoms with E-state index < -0.39 is 0 Å². The van der Waals surface area contributed by atoms with Crippen LogP contribution >= 0.6 is 0 Å². The Hall–Kier alpha value is -1.59. The molecular formula is C17H26N2O3. The number of hydrogen-bond donors (Lipinski definition) is 2. The molecule has 0 radical (unpaired) electrons. The van der Waals surface area contributed by atoms with Crippen LogP contribution in [0.5, 0.6) is 5.75 Å². The minimum atomic E-state index is -0.361. The van der Waals surface area contributed by atoms with Gasteiger partial charge in [0, 0.05) is 18.5 Å². The summed E-state index contributed by atoms with van der Waals surface area (Å²) in [5, 5.41) is 3.00. The van der Waals surface area contributed by atoms with Crippen LogP contribution in [-0.4, -0.2) is 38.3 Å². The average molecular weight is 306 g/mol. The van der Waals surface area contributed by atoms with Gasteiger partial charge in [-0.3, -0.25) is 4.79 Å². The van der Waals surface area contributed by atoms with Crippen molar-refractivity contribution >= 4 is 5.91 Å². The zero-order valence-corrected chi connectivity index (χ0v) is 13.6. The van der Waals surface area contributed by atoms with E-state index in [2.05, 4.69) is 19.2 Å². The van der Waals surface area contributed by atoms with E-state index in [0.717, 1.165) is 24.2 Å². The number of carbonyl (C=O) groups is 1. The summed E-state index contributed by atoms with van der Waals surface area (Å²) in [5.41, 5.74) is 6.57. The summed E-state index contributed by atoms with van der Waals surface area (Å²) in [5.74, 6) is 0.785. The lowest BCUT2D eigenvalue weighted by molar-refractivity contribution is -0.132. The molecule has 1 aliphatic heterocycles. The fraction of sp³-hybridized carbons (Fsp3) is 0.588. The molecule has 0 aromatic heterocycles. The lowest BCUT2D eigenvalue weighted by Gasteiger charge is -2.26. The fourth-order valence-electron chi connectivity index (χ4n) is 2.64. The van der Waals surface area contributed by atoms with Gasteiger partial charge in [0.2, 0.25) is 5.91 Å². The molecule has 1 saturated heterocycles. The highest BCUT2D eigenvalue weighted by molar-refractivity contribution is 5.81. The molecule has 1 amide bonds. The van der Waals surface area contributed by atoms with Gasteiger partial charge in [-0.15, -0.1) is 0 Å². The Labute approximate surface area is 132 Å². The SMILES string of the molecule is COc1ccc(C(C)(C)CNC(=O)[C@@H]2CC[C@H](CN)O2)cc1. The summed E-state index contributed by atoms with van der Waals surface area (Å²) >= 11 is 0. The van der Waals surface area contributed by atoms with Crippen molar-refractivity contribution in [2.24, 2.45) is 5.73 Å². The van der Waals surface area contributed by atoms with Crippen LogP contribution in [0.1, 0.15) is 32.3 Å². The van der Waals surface area contributed by atoms with Crippen LogP contribution in [0.15, 0.2) is 24.3 Å². The van der Waals surface area contributed by atoms with E-state index in [1.165, 1.54) is 0 Å². The maximum absolute atomic E-state index is 12.2. The average Bonchev–Trinajstić information content (AvgIpc) is 3.02. The number of benzene rings is 1. The van der Waals surface area contributed by atoms with Gasteiger partial charge in [-0.1, -0.05) is 26.0 Å². The highest BCUT2D eigenvalue weighted by Gasteiger charge is 2.31. The predicted molar refractivity (Wildman–Crippen MR) is 86.0 cm³/mol. The second-order valence-electron chi connectivity index (χ2n) is 6.39. The summed E-state index contributed by atoms with van der Waals surface area (Å²) in [6.07, 6.45) is 1.26. The Kier molecular flexibility index (Phi) is 5.42. The first-order valence-electron chi connectivity index (χ1n) is 7.74. The number of ether oxygens (including phenoxy) is 2. The van der Waals surface area contributed by atoms with Crippen molar-refractivity contribution in [1.82, 2.24) is 5.32 Å². The molecule has 1 aromatic rings. The monoisotopic (exact) mass is 306 g/mol. The summed E-state index contributed by atoms with van der Waals surface area (Å²) in [7, 11) is 1.65. The lowest BCUT2D eigenvalue weighted by Crippen LogP contribution is -2.42. The van der Waals surface area contributed by atoms with E-state index in [1.807, 2.05) is 24.3 Å². The van der Waals surface area contributed by atoms with E-state index in [4.69, 9.17) is 15.2 Å². The van der Waals surface area contributed by atoms with Crippen LogP contribution in [0.2, 0.25) is 0 Å². The number of carbonyl (C=O) groups excluding carboxylic acids is 1. The van der Waals surface area contributed by atoms with Gasteiger partial charge in [0.25, 0.3) is 0 Å². The van der Waals surface area contributed by atoms with Crippen LogP contribution < -0.4 is 15.8 Å². The number of methoxy groups -OCH3 is 1. The van der Waals surface area contributed by atoms with Crippen molar-refractivity contribution in [3.63, 3.8) is 0 Å². The van der Waals surface area contributed by atoms with E-state index in [-0.39, 0.29) is 23.5 Å². The Balaban J connectivity index is 1.90. The summed E-state index contributed by atoms with van der Waals surface area (Å²) in [6, 6.07) is 7.93. The first-order valence-corrected chi connectivity index (χ1v) is 7.74. The highest BCUT2D eigenvalue weighted by atomic mass is 16.5. The van der Waals surface area contributed by atoms with Gasteiger partial charge in [-0.05, 0) is 30.5 Å². The predicted octanol–water partition coefficient (Wildman–Crippen LogP) is 1.60. The Morgan fingerprint density at radius 1 is 1.36 bits per heavy atom. The Morgan fingerprint density at radius 3 is 2.59 bits per heavy atom. The van der Waals surface area contributed by atoms with Crippen molar-refractivity contribution in [2.75, 3.05) is 20.2 Å². The third-order valence-electron chi connectivity index (χ3n) is 4.24. The van der Waals surface area contributed by atoms with E-state index >= 15 is 0 Å². The van der Waals surface area contributed by atoms with Crippen molar-refractivity contribution in [3.8, 4) is 5.75 Å². The second kappa shape index (κ2) is 7.11. The summed E-state index contributed by atoms with van der Waals surface area (Å²) < 4.78 is 10.8. The second-order valence-corrected chi connectivity index (χ2v) is 6.39. The Morgan fingerprint density at radius 2 is 2.05 bits per heavy atom. The molecule has 22 heavy (non-hydrogen) atoms. The minimum Gasteiger partial charge on any atom is -0.497 e. The largest absolute Gasteiger partial charge is 0.497 e. The molecule has 0 spiro atoms. The molecule has 1 aromatic carbocycles. The number of nitrogens with two attached hydrogens (primary N) is 1. The van der Waals surface area contributed by atoms with Gasteiger partial charge < -0.3 is 20.5 Å². The number of amides is 1. The van der Waals surface area contributed by atoms with Gasteiger partial charge in [0.15, 0.2) is 0 Å². The van der Waals surface area contributed by atoms with Crippen LogP contribution in [0, 0.1) is 0 Å². The molecular weight excluding hydrogens is 280 g/mol. The van der Waals surface area contributed by atoms with Gasteiger partial charge in [0.05, 0.1) is 13.2 Å². The van der Waals surface area contributed by atoms with E-state index in [9.17, 15) is 4.79 Å². The zero-order valence-electron chi connectivity index (χ0n) is 13.6. The minimum absolute atomic E-state index is 0.0188. The molecule has 1 fully saturated rings. The number of hydrogen-bond acceptors (Lipinski definition) is 4. The molecule has 3 N–H and O–H groups in total. The molecule has 1 aliphatic rings. The highest BCUT2D eigenvalue weighted by Crippen LogP contribution is 2.25. The van der Waals surface area contributed by atoms with E-state index in [0.29, 0.717) is 13.1 Å². The van der Waals surface area contributed by atoms with Gasteiger partial charge in [0.1, 0.15) is 11.9 Å². The molecule has 0 unspecified atom stereocenters. The van der Waals surface area contributed by atoms with Gasteiger partial charge in [-0.25, -0.2) is 0 Å². The third kappa shape index (κ3) is 3.99. The van der Waals surface area contributed by atoms with Crippen molar-refractivity contribution in [1.29, 1.82) is 0 Å². The van der Waals surface area contributed by atoms with Crippen molar-refractivity contribution in [3.05, 3.63) is 29.8 Å². The summed E-state index contributed by atoms with van der Waals surface area (Å²) in [6.45, 7) is 5.24. The molecule has 2 atom stereocenters. The standard InChI is InChI=1S/C17H26N2O3/c1-17(2,12-4-6-13(21-3)7-5-12)11-19-16(20)15-9-8-14(10-18)22-15/h4-7,14-15H,8-11,18H2,1-3H3,(H,19,20)/t14-,15+/m1/s1. The molecule has 0 bridgehead atoms. The molecule has 5 heteroatoms. The van der Waals surface area contributed by atoms with Crippen molar-refractivity contribution < 1.29 is 14.3 Å². The van der Waals surface area contributed by atoms with Gasteiger partial charge >= 0.3 is 0 Å². The Bertz CT molecular complexity index is 499. The molecule has 0 saturated carbocycles. The van der Waals surface area contributed by atoms with Crippen LogP contribution in [-0.2, 0) is 14.9 Å². The first-order chi connectivity index (χ1) is 10.5. The maximum atomic E-state index is 12.2. The topological polar surface area (TPSA) is 73.6 Å². The lowest BCUT2D eigenvalue weighted by atomic mass is 9.84. The van der Waals surface area contributed by atoms with E-state index in [1.54, 1.807) is 7.11 Å². The summed E-state index contributed by atoms with van der Waals surface area (Å²) in [4.78, 5) is 12.2. The quantitative estimate of drug-likeness (QED) is 0.837. The molecule has 5 nitrogen and oxygen atoms in total. The third-order valence-corrected chi connectivity index (χ3v) is 4.24. The molecule has 2 rings (SSSR count). The maximum Gasteiger partial charge on any atom is 0.249 e. The normalized spacial score (nSPS) is 21.6. The number of rotatable bonds is 6. The van der Waals surface area contributed by atoms with Crippen LogP contribution in [0.3, 0.4) is 0 Å². The molecule has 122 valence electrons. The smallest absolute Gasteiger partial charge is 0.249 e. The fourth-order valence-corrected chi connectivity index (χ4v) is 2.64. The molecule has 1 heterocycles. The van der Waals surface area contributed by atoms with Crippen LogP contribution in [0.4, 0.5) is 0 Å². The van der Waals surface area contributed by atoms with Crippen molar-refractivity contribution in [2.45, 2.75) is 44.3 Å². The number of nitrogens with one attached hydrogen (secondary N) is 1. The zero-order chi connectivity index (χ0) is 16.2. The first kappa shape index (κ1) is 16.8. The van der Waals surface area contributed by atoms with Crippen LogP contribution in [0.25, 0.3) is 0 Å². The molecule has 0 aliphatic carbocycles. The van der Waals surface area contributed by atoms with Gasteiger partial charge in [-0.2, -0.15) is 0 Å².